The third-order valence-corrected chi connectivity index (χ3v) is 4.05. The summed E-state index contributed by atoms with van der Waals surface area (Å²) in [5, 5.41) is 3.65. The molecule has 0 amide bonds. The Morgan fingerprint density at radius 3 is 2.10 bits per heavy atom. The van der Waals surface area contributed by atoms with Crippen LogP contribution in [0.3, 0.4) is 0 Å². The molecule has 0 aliphatic rings. The first-order valence-corrected chi connectivity index (χ1v) is 8.22. The molecule has 0 aromatic heterocycles. The van der Waals surface area contributed by atoms with Gasteiger partial charge in [-0.15, -0.1) is 0 Å². The number of hydrogen-bond donors (Lipinski definition) is 1. The van der Waals surface area contributed by atoms with Gasteiger partial charge in [0.25, 0.3) is 0 Å². The summed E-state index contributed by atoms with van der Waals surface area (Å²) in [6.07, 6.45) is 3.83. The van der Waals surface area contributed by atoms with Crippen LogP contribution >= 0.6 is 0 Å². The minimum Gasteiger partial charge on any atom is -0.310 e. The zero-order chi connectivity index (χ0) is 15.2. The van der Waals surface area contributed by atoms with E-state index < -0.39 is 0 Å². The molecular formula is C19H33N. The van der Waals surface area contributed by atoms with Gasteiger partial charge in [0, 0.05) is 6.04 Å². The molecule has 0 spiro atoms. The number of rotatable bonds is 7. The van der Waals surface area contributed by atoms with Gasteiger partial charge in [0.1, 0.15) is 0 Å². The van der Waals surface area contributed by atoms with E-state index in [1.165, 1.54) is 30.4 Å². The number of hydrogen-bond acceptors (Lipinski definition) is 1. The van der Waals surface area contributed by atoms with Crippen molar-refractivity contribution in [2.75, 3.05) is 6.54 Å². The third kappa shape index (κ3) is 5.28. The molecule has 1 N–H and O–H groups in total. The monoisotopic (exact) mass is 275 g/mol. The van der Waals surface area contributed by atoms with Crippen LogP contribution in [-0.2, 0) is 5.41 Å². The summed E-state index contributed by atoms with van der Waals surface area (Å²) in [6.45, 7) is 14.7. The molecule has 0 aliphatic carbocycles. The fourth-order valence-electron chi connectivity index (χ4n) is 2.81. The van der Waals surface area contributed by atoms with Crippen molar-refractivity contribution in [2.45, 2.75) is 72.3 Å². The largest absolute Gasteiger partial charge is 0.310 e. The molecule has 114 valence electrons. The Labute approximate surface area is 126 Å². The van der Waals surface area contributed by atoms with E-state index in [0.717, 1.165) is 12.5 Å². The molecule has 0 saturated carbocycles. The highest BCUT2D eigenvalue weighted by atomic mass is 14.9. The number of benzene rings is 1. The topological polar surface area (TPSA) is 12.0 Å². The van der Waals surface area contributed by atoms with Gasteiger partial charge < -0.3 is 5.32 Å². The minimum absolute atomic E-state index is 0.238. The van der Waals surface area contributed by atoms with Gasteiger partial charge in [-0.1, -0.05) is 78.6 Å². The van der Waals surface area contributed by atoms with E-state index in [4.69, 9.17) is 0 Å². The lowest BCUT2D eigenvalue weighted by Gasteiger charge is -2.24. The lowest BCUT2D eigenvalue weighted by atomic mass is 9.85. The van der Waals surface area contributed by atoms with E-state index in [1.807, 2.05) is 0 Å². The van der Waals surface area contributed by atoms with E-state index in [-0.39, 0.29) is 5.41 Å². The summed E-state index contributed by atoms with van der Waals surface area (Å²) >= 11 is 0. The fourth-order valence-corrected chi connectivity index (χ4v) is 2.81. The van der Waals surface area contributed by atoms with Crippen LogP contribution in [0.4, 0.5) is 0 Å². The SMILES string of the molecule is CCCC(C)CC(NCC)c1ccc(C(C)(C)C)cc1. The Morgan fingerprint density at radius 1 is 1.05 bits per heavy atom. The highest BCUT2D eigenvalue weighted by Gasteiger charge is 2.17. The van der Waals surface area contributed by atoms with Crippen LogP contribution < -0.4 is 5.32 Å². The molecule has 0 heterocycles. The quantitative estimate of drug-likeness (QED) is 0.696. The van der Waals surface area contributed by atoms with E-state index in [2.05, 4.69) is 71.1 Å². The Bertz CT molecular complexity index is 372. The zero-order valence-electron chi connectivity index (χ0n) is 14.3. The van der Waals surface area contributed by atoms with Crippen LogP contribution in [0.5, 0.6) is 0 Å². The maximum absolute atomic E-state index is 3.65. The molecule has 0 radical (unpaired) electrons. The molecule has 1 rings (SSSR count). The summed E-state index contributed by atoms with van der Waals surface area (Å²) in [5.74, 6) is 0.784. The maximum Gasteiger partial charge on any atom is 0.0322 e. The summed E-state index contributed by atoms with van der Waals surface area (Å²) in [7, 11) is 0. The Hall–Kier alpha value is -0.820. The van der Waals surface area contributed by atoms with Crippen LogP contribution in [0.2, 0.25) is 0 Å². The standard InChI is InChI=1S/C19H33N/c1-7-9-15(3)14-18(20-8-2)16-10-12-17(13-11-16)19(4,5)6/h10-13,15,18,20H,7-9,14H2,1-6H3. The van der Waals surface area contributed by atoms with Crippen LogP contribution in [-0.4, -0.2) is 6.54 Å². The molecular weight excluding hydrogens is 242 g/mol. The molecule has 1 heteroatoms. The summed E-state index contributed by atoms with van der Waals surface area (Å²) in [4.78, 5) is 0. The minimum atomic E-state index is 0.238. The molecule has 0 fully saturated rings. The first kappa shape index (κ1) is 17.2. The zero-order valence-corrected chi connectivity index (χ0v) is 14.3. The van der Waals surface area contributed by atoms with Crippen molar-refractivity contribution >= 4 is 0 Å². The van der Waals surface area contributed by atoms with Gasteiger partial charge in [0.05, 0.1) is 0 Å². The average molecular weight is 275 g/mol. The lowest BCUT2D eigenvalue weighted by molar-refractivity contribution is 0.395. The predicted molar refractivity (Wildman–Crippen MR) is 90.2 cm³/mol. The van der Waals surface area contributed by atoms with Crippen LogP contribution in [0, 0.1) is 5.92 Å². The predicted octanol–water partition coefficient (Wildman–Crippen LogP) is 5.46. The number of nitrogens with one attached hydrogen (secondary N) is 1. The summed E-state index contributed by atoms with van der Waals surface area (Å²) in [5.41, 5.74) is 3.09. The van der Waals surface area contributed by atoms with Crippen molar-refractivity contribution in [3.63, 3.8) is 0 Å². The van der Waals surface area contributed by atoms with Crippen molar-refractivity contribution in [2.24, 2.45) is 5.92 Å². The second-order valence-electron chi connectivity index (χ2n) is 7.11. The Morgan fingerprint density at radius 2 is 1.65 bits per heavy atom. The summed E-state index contributed by atoms with van der Waals surface area (Å²) < 4.78 is 0. The molecule has 2 unspecified atom stereocenters. The average Bonchev–Trinajstić information content (AvgIpc) is 2.38. The molecule has 1 aromatic rings. The molecule has 1 nitrogen and oxygen atoms in total. The highest BCUT2D eigenvalue weighted by molar-refractivity contribution is 5.29. The van der Waals surface area contributed by atoms with Crippen molar-refractivity contribution < 1.29 is 0 Å². The van der Waals surface area contributed by atoms with Gasteiger partial charge in [-0.05, 0) is 35.4 Å². The van der Waals surface area contributed by atoms with Crippen molar-refractivity contribution in [1.29, 1.82) is 0 Å². The van der Waals surface area contributed by atoms with Crippen molar-refractivity contribution in [1.82, 2.24) is 5.32 Å². The second-order valence-corrected chi connectivity index (χ2v) is 7.11. The first-order valence-electron chi connectivity index (χ1n) is 8.22. The van der Waals surface area contributed by atoms with Gasteiger partial charge in [0.2, 0.25) is 0 Å². The van der Waals surface area contributed by atoms with Gasteiger partial charge in [-0.2, -0.15) is 0 Å². The van der Waals surface area contributed by atoms with E-state index in [0.29, 0.717) is 6.04 Å². The molecule has 2 atom stereocenters. The lowest BCUT2D eigenvalue weighted by Crippen LogP contribution is -2.23. The highest BCUT2D eigenvalue weighted by Crippen LogP contribution is 2.27. The van der Waals surface area contributed by atoms with Crippen LogP contribution in [0.15, 0.2) is 24.3 Å². The molecule has 0 bridgehead atoms. The van der Waals surface area contributed by atoms with E-state index in [1.54, 1.807) is 0 Å². The Kier molecular flexibility index (Phi) is 6.75. The first-order chi connectivity index (χ1) is 9.38. The Balaban J connectivity index is 2.81. The van der Waals surface area contributed by atoms with Gasteiger partial charge in [-0.25, -0.2) is 0 Å². The van der Waals surface area contributed by atoms with Crippen LogP contribution in [0.25, 0.3) is 0 Å². The van der Waals surface area contributed by atoms with Gasteiger partial charge in [0.15, 0.2) is 0 Å². The molecule has 20 heavy (non-hydrogen) atoms. The van der Waals surface area contributed by atoms with E-state index in [9.17, 15) is 0 Å². The second kappa shape index (κ2) is 7.83. The fraction of sp³-hybridized carbons (Fsp3) is 0.684. The van der Waals surface area contributed by atoms with E-state index >= 15 is 0 Å². The smallest absolute Gasteiger partial charge is 0.0322 e. The maximum atomic E-state index is 3.65. The third-order valence-electron chi connectivity index (χ3n) is 4.05. The van der Waals surface area contributed by atoms with Crippen LogP contribution in [0.1, 0.15) is 78.0 Å². The van der Waals surface area contributed by atoms with Crippen molar-refractivity contribution in [3.05, 3.63) is 35.4 Å². The van der Waals surface area contributed by atoms with Crippen molar-refractivity contribution in [3.8, 4) is 0 Å². The van der Waals surface area contributed by atoms with Gasteiger partial charge >= 0.3 is 0 Å². The van der Waals surface area contributed by atoms with Gasteiger partial charge in [-0.3, -0.25) is 0 Å². The summed E-state index contributed by atoms with van der Waals surface area (Å²) in [6, 6.07) is 9.71. The molecule has 1 aromatic carbocycles. The normalized spacial score (nSPS) is 15.1. The molecule has 0 saturated heterocycles. The molecule has 0 aliphatic heterocycles.